The number of rotatable bonds is 5. The van der Waals surface area contributed by atoms with Crippen molar-refractivity contribution in [2.45, 2.75) is 18.6 Å². The maximum Gasteiger partial charge on any atom is 0.337 e. The summed E-state index contributed by atoms with van der Waals surface area (Å²) in [5.41, 5.74) is 4.25. The van der Waals surface area contributed by atoms with Gasteiger partial charge in [0.15, 0.2) is 6.10 Å². The van der Waals surface area contributed by atoms with E-state index in [1.807, 2.05) is 42.5 Å². The van der Waals surface area contributed by atoms with Crippen LogP contribution >= 0.6 is 0 Å². The molecule has 0 spiro atoms. The molecule has 29 heavy (non-hydrogen) atoms. The van der Waals surface area contributed by atoms with Crippen LogP contribution in [0.15, 0.2) is 78.9 Å². The Morgan fingerprint density at radius 3 is 2.17 bits per heavy atom. The normalized spacial score (nSPS) is 18.5. The van der Waals surface area contributed by atoms with E-state index < -0.39 is 6.10 Å². The van der Waals surface area contributed by atoms with Crippen LogP contribution in [-0.2, 0) is 14.4 Å². The summed E-state index contributed by atoms with van der Waals surface area (Å²) in [6.45, 7) is 0. The van der Waals surface area contributed by atoms with Crippen LogP contribution in [-0.4, -0.2) is 26.3 Å². The minimum atomic E-state index is -0.638. The van der Waals surface area contributed by atoms with E-state index in [0.29, 0.717) is 6.42 Å². The maximum atomic E-state index is 12.1. The number of methoxy groups -OCH3 is 2. The SMILES string of the molecule is COC(=O)C1CC(c2ccc(-c3ccccc3)cc2)N(c2ccc(OC)cc2)O1. The van der Waals surface area contributed by atoms with Crippen molar-refractivity contribution < 1.29 is 19.1 Å². The summed E-state index contributed by atoms with van der Waals surface area (Å²) in [5, 5.41) is 1.79. The maximum absolute atomic E-state index is 12.1. The monoisotopic (exact) mass is 389 g/mol. The first kappa shape index (κ1) is 19.0. The van der Waals surface area contributed by atoms with Gasteiger partial charge in [-0.1, -0.05) is 54.6 Å². The van der Waals surface area contributed by atoms with Crippen molar-refractivity contribution >= 4 is 11.7 Å². The van der Waals surface area contributed by atoms with Gasteiger partial charge in [0, 0.05) is 6.42 Å². The van der Waals surface area contributed by atoms with Gasteiger partial charge in [0.05, 0.1) is 25.9 Å². The summed E-state index contributed by atoms with van der Waals surface area (Å²) >= 11 is 0. The fourth-order valence-corrected chi connectivity index (χ4v) is 3.59. The van der Waals surface area contributed by atoms with E-state index in [0.717, 1.165) is 22.6 Å². The molecule has 0 N–H and O–H groups in total. The zero-order valence-corrected chi connectivity index (χ0v) is 16.4. The molecule has 0 radical (unpaired) electrons. The zero-order chi connectivity index (χ0) is 20.2. The van der Waals surface area contributed by atoms with Crippen LogP contribution in [0.25, 0.3) is 11.1 Å². The van der Waals surface area contributed by atoms with Crippen LogP contribution in [0.5, 0.6) is 5.75 Å². The summed E-state index contributed by atoms with van der Waals surface area (Å²) in [6.07, 6.45) is -0.121. The number of hydrogen-bond donors (Lipinski definition) is 0. The number of hydrogen-bond acceptors (Lipinski definition) is 5. The van der Waals surface area contributed by atoms with E-state index in [-0.39, 0.29) is 12.0 Å². The van der Waals surface area contributed by atoms with Crippen molar-refractivity contribution in [1.29, 1.82) is 0 Å². The van der Waals surface area contributed by atoms with Crippen molar-refractivity contribution in [2.75, 3.05) is 19.3 Å². The van der Waals surface area contributed by atoms with Crippen LogP contribution in [0.2, 0.25) is 0 Å². The Bertz CT molecular complexity index is 954. The van der Waals surface area contributed by atoms with Gasteiger partial charge in [0.2, 0.25) is 0 Å². The van der Waals surface area contributed by atoms with Gasteiger partial charge in [-0.15, -0.1) is 0 Å². The minimum Gasteiger partial charge on any atom is -0.497 e. The number of hydroxylamine groups is 1. The smallest absolute Gasteiger partial charge is 0.337 e. The molecule has 4 rings (SSSR count). The van der Waals surface area contributed by atoms with Crippen LogP contribution in [0, 0.1) is 0 Å². The number of benzene rings is 3. The summed E-state index contributed by atoms with van der Waals surface area (Å²) < 4.78 is 10.1. The van der Waals surface area contributed by atoms with Crippen molar-refractivity contribution in [3.63, 3.8) is 0 Å². The fourth-order valence-electron chi connectivity index (χ4n) is 3.59. The van der Waals surface area contributed by atoms with Crippen molar-refractivity contribution in [3.05, 3.63) is 84.4 Å². The average molecular weight is 389 g/mol. The molecule has 5 heteroatoms. The molecule has 148 valence electrons. The number of carbonyl (C=O) groups excluding carboxylic acids is 1. The molecule has 2 atom stereocenters. The number of carbonyl (C=O) groups is 1. The van der Waals surface area contributed by atoms with Gasteiger partial charge >= 0.3 is 5.97 Å². The van der Waals surface area contributed by atoms with Crippen LogP contribution < -0.4 is 9.80 Å². The Hall–Kier alpha value is -3.31. The fraction of sp³-hybridized carbons (Fsp3) is 0.208. The van der Waals surface area contributed by atoms with Crippen molar-refractivity contribution in [2.24, 2.45) is 0 Å². The first-order chi connectivity index (χ1) is 14.2. The van der Waals surface area contributed by atoms with Crippen LogP contribution in [0.1, 0.15) is 18.0 Å². The van der Waals surface area contributed by atoms with Gasteiger partial charge in [-0.2, -0.15) is 0 Å². The molecule has 0 saturated carbocycles. The molecule has 1 heterocycles. The second-order valence-corrected chi connectivity index (χ2v) is 6.88. The second-order valence-electron chi connectivity index (χ2n) is 6.88. The zero-order valence-electron chi connectivity index (χ0n) is 16.4. The quantitative estimate of drug-likeness (QED) is 0.588. The highest BCUT2D eigenvalue weighted by Gasteiger charge is 2.39. The third-order valence-electron chi connectivity index (χ3n) is 5.15. The molecule has 0 bridgehead atoms. The average Bonchev–Trinajstić information content (AvgIpc) is 3.25. The third kappa shape index (κ3) is 3.96. The highest BCUT2D eigenvalue weighted by Crippen LogP contribution is 2.39. The standard InChI is InChI=1S/C24H23NO4/c1-27-21-14-12-20(13-15-21)25-22(16-23(29-25)24(26)28-2)19-10-8-18(9-11-19)17-6-4-3-5-7-17/h3-15,22-23H,16H2,1-2H3. The molecule has 1 aliphatic rings. The molecule has 1 saturated heterocycles. The van der Waals surface area contributed by atoms with Gasteiger partial charge in [-0.05, 0) is 41.0 Å². The molecule has 3 aromatic rings. The Morgan fingerprint density at radius 2 is 1.55 bits per heavy atom. The van der Waals surface area contributed by atoms with E-state index >= 15 is 0 Å². The Labute approximate surface area is 170 Å². The molecule has 5 nitrogen and oxygen atoms in total. The molecular weight excluding hydrogens is 366 g/mol. The van der Waals surface area contributed by atoms with Crippen molar-refractivity contribution in [3.8, 4) is 16.9 Å². The number of nitrogens with zero attached hydrogens (tertiary/aromatic N) is 1. The topological polar surface area (TPSA) is 48.0 Å². The summed E-state index contributed by atoms with van der Waals surface area (Å²) in [4.78, 5) is 18.1. The molecule has 1 aliphatic heterocycles. The van der Waals surface area contributed by atoms with E-state index in [4.69, 9.17) is 14.3 Å². The summed E-state index contributed by atoms with van der Waals surface area (Å²) in [7, 11) is 3.01. The van der Waals surface area contributed by atoms with Gasteiger partial charge in [-0.25, -0.2) is 9.86 Å². The highest BCUT2D eigenvalue weighted by molar-refractivity contribution is 5.75. The summed E-state index contributed by atoms with van der Waals surface area (Å²) in [5.74, 6) is 0.396. The van der Waals surface area contributed by atoms with E-state index in [2.05, 4.69) is 36.4 Å². The Morgan fingerprint density at radius 1 is 0.897 bits per heavy atom. The molecule has 2 unspecified atom stereocenters. The molecular formula is C24H23NO4. The Kier molecular flexibility index (Phi) is 5.49. The molecule has 0 aromatic heterocycles. The minimum absolute atomic E-state index is 0.0997. The lowest BCUT2D eigenvalue weighted by atomic mass is 9.97. The van der Waals surface area contributed by atoms with Crippen molar-refractivity contribution in [1.82, 2.24) is 0 Å². The lowest BCUT2D eigenvalue weighted by Crippen LogP contribution is -2.25. The van der Waals surface area contributed by atoms with Crippen LogP contribution in [0.4, 0.5) is 5.69 Å². The first-order valence-corrected chi connectivity index (χ1v) is 9.53. The van der Waals surface area contributed by atoms with Gasteiger partial charge in [0.25, 0.3) is 0 Å². The van der Waals surface area contributed by atoms with E-state index in [1.165, 1.54) is 12.7 Å². The number of anilines is 1. The Balaban J connectivity index is 1.63. The first-order valence-electron chi connectivity index (χ1n) is 9.53. The number of esters is 1. The molecule has 1 fully saturated rings. The highest BCUT2D eigenvalue weighted by atomic mass is 16.7. The second kappa shape index (κ2) is 8.37. The predicted octanol–water partition coefficient (Wildman–Crippen LogP) is 4.79. The predicted molar refractivity (Wildman–Crippen MR) is 112 cm³/mol. The van der Waals surface area contributed by atoms with E-state index in [9.17, 15) is 4.79 Å². The molecule has 0 aliphatic carbocycles. The number of ether oxygens (including phenoxy) is 2. The lowest BCUT2D eigenvalue weighted by Gasteiger charge is -2.25. The lowest BCUT2D eigenvalue weighted by molar-refractivity contribution is -0.151. The van der Waals surface area contributed by atoms with E-state index in [1.54, 1.807) is 12.2 Å². The largest absolute Gasteiger partial charge is 0.497 e. The van der Waals surface area contributed by atoms with Gasteiger partial charge in [-0.3, -0.25) is 4.84 Å². The van der Waals surface area contributed by atoms with Gasteiger partial charge < -0.3 is 9.47 Å². The third-order valence-corrected chi connectivity index (χ3v) is 5.15. The summed E-state index contributed by atoms with van der Waals surface area (Å²) in [6, 6.07) is 26.1. The van der Waals surface area contributed by atoms with Gasteiger partial charge in [0.1, 0.15) is 5.75 Å². The van der Waals surface area contributed by atoms with Crippen LogP contribution in [0.3, 0.4) is 0 Å². The molecule has 3 aromatic carbocycles. The molecule has 0 amide bonds.